The zero-order valence-electron chi connectivity index (χ0n) is 15.9. The van der Waals surface area contributed by atoms with Gasteiger partial charge in [-0.1, -0.05) is 41.9 Å². The Kier molecular flexibility index (Phi) is 7.53. The molecule has 3 rings (SSSR count). The second-order valence-electron chi connectivity index (χ2n) is 6.13. The highest BCUT2D eigenvalue weighted by Gasteiger charge is 2.13. The summed E-state index contributed by atoms with van der Waals surface area (Å²) in [5.74, 6) is 0.503. The number of amides is 1. The Morgan fingerprint density at radius 2 is 1.93 bits per heavy atom. The van der Waals surface area contributed by atoms with Gasteiger partial charge in [0.25, 0.3) is 5.91 Å². The van der Waals surface area contributed by atoms with E-state index in [1.807, 2.05) is 30.3 Å². The zero-order valence-corrected chi connectivity index (χ0v) is 18.8. The average molecular weight is 537 g/mol. The summed E-state index contributed by atoms with van der Waals surface area (Å²) in [6, 6.07) is 17.3. The summed E-state index contributed by atoms with van der Waals surface area (Å²) in [5.41, 5.74) is 4.11. The molecule has 0 bridgehead atoms. The molecule has 0 radical (unpaired) electrons. The largest absolute Gasteiger partial charge is 0.507 e. The van der Waals surface area contributed by atoms with Crippen LogP contribution >= 0.6 is 34.2 Å². The maximum absolute atomic E-state index is 12.1. The number of hydrazone groups is 1. The van der Waals surface area contributed by atoms with Gasteiger partial charge >= 0.3 is 0 Å². The lowest BCUT2D eigenvalue weighted by Crippen LogP contribution is -2.17. The first kappa shape index (κ1) is 21.9. The van der Waals surface area contributed by atoms with Crippen LogP contribution in [0.3, 0.4) is 0 Å². The van der Waals surface area contributed by atoms with Crippen LogP contribution in [0.15, 0.2) is 65.8 Å². The van der Waals surface area contributed by atoms with E-state index in [1.54, 1.807) is 25.3 Å². The molecule has 0 aliphatic rings. The number of rotatable bonds is 7. The third-order valence-electron chi connectivity index (χ3n) is 4.11. The van der Waals surface area contributed by atoms with Crippen LogP contribution in [0.5, 0.6) is 17.2 Å². The number of benzene rings is 3. The van der Waals surface area contributed by atoms with E-state index in [1.165, 1.54) is 18.3 Å². The van der Waals surface area contributed by atoms with Crippen LogP contribution in [-0.2, 0) is 6.61 Å². The van der Waals surface area contributed by atoms with E-state index in [4.69, 9.17) is 21.1 Å². The first-order valence-corrected chi connectivity index (χ1v) is 10.3. The molecule has 3 aromatic carbocycles. The van der Waals surface area contributed by atoms with Gasteiger partial charge < -0.3 is 14.6 Å². The topological polar surface area (TPSA) is 80.2 Å². The van der Waals surface area contributed by atoms with E-state index in [0.717, 1.165) is 9.13 Å². The van der Waals surface area contributed by atoms with Crippen molar-refractivity contribution in [2.75, 3.05) is 7.11 Å². The second kappa shape index (κ2) is 10.3. The maximum atomic E-state index is 12.1. The molecule has 154 valence electrons. The molecule has 0 unspecified atom stereocenters. The van der Waals surface area contributed by atoms with Crippen molar-refractivity contribution in [3.8, 4) is 17.2 Å². The van der Waals surface area contributed by atoms with Gasteiger partial charge in [0.05, 0.1) is 22.5 Å². The zero-order chi connectivity index (χ0) is 21.5. The Morgan fingerprint density at radius 3 is 2.67 bits per heavy atom. The van der Waals surface area contributed by atoms with Crippen molar-refractivity contribution in [3.63, 3.8) is 0 Å². The minimum absolute atomic E-state index is 0.110. The number of phenols is 1. The molecule has 0 aliphatic heterocycles. The molecule has 2 N–H and O–H groups in total. The van der Waals surface area contributed by atoms with Gasteiger partial charge in [0.15, 0.2) is 11.5 Å². The number of hydrogen-bond acceptors (Lipinski definition) is 5. The monoisotopic (exact) mass is 536 g/mol. The smallest absolute Gasteiger partial charge is 0.275 e. The van der Waals surface area contributed by atoms with Crippen LogP contribution in [-0.4, -0.2) is 24.3 Å². The molecule has 1 amide bonds. The number of para-hydroxylation sites is 1. The quantitative estimate of drug-likeness (QED) is 0.253. The fraction of sp³-hybridized carbons (Fsp3) is 0.0909. The van der Waals surface area contributed by atoms with Crippen molar-refractivity contribution in [2.24, 2.45) is 5.10 Å². The Balaban J connectivity index is 1.72. The van der Waals surface area contributed by atoms with Crippen LogP contribution in [0, 0.1) is 3.57 Å². The van der Waals surface area contributed by atoms with Crippen molar-refractivity contribution in [2.45, 2.75) is 6.61 Å². The number of hydrogen-bond donors (Lipinski definition) is 2. The lowest BCUT2D eigenvalue weighted by molar-refractivity contribution is 0.0952. The van der Waals surface area contributed by atoms with Gasteiger partial charge in [-0.25, -0.2) is 5.43 Å². The van der Waals surface area contributed by atoms with Gasteiger partial charge in [-0.15, -0.1) is 0 Å². The van der Waals surface area contributed by atoms with E-state index < -0.39 is 5.91 Å². The summed E-state index contributed by atoms with van der Waals surface area (Å²) < 4.78 is 12.2. The summed E-state index contributed by atoms with van der Waals surface area (Å²) in [4.78, 5) is 12.1. The van der Waals surface area contributed by atoms with E-state index in [2.05, 4.69) is 33.1 Å². The first-order chi connectivity index (χ1) is 14.5. The van der Waals surface area contributed by atoms with Gasteiger partial charge in [-0.2, -0.15) is 5.10 Å². The lowest BCUT2D eigenvalue weighted by Gasteiger charge is -2.14. The van der Waals surface area contributed by atoms with Crippen molar-refractivity contribution in [1.29, 1.82) is 0 Å². The van der Waals surface area contributed by atoms with Crippen molar-refractivity contribution >= 4 is 46.3 Å². The summed E-state index contributed by atoms with van der Waals surface area (Å²) in [6.07, 6.45) is 1.49. The number of halogens is 2. The molecule has 0 aromatic heterocycles. The van der Waals surface area contributed by atoms with Crippen LogP contribution in [0.2, 0.25) is 5.02 Å². The molecule has 0 spiro atoms. The molecule has 0 fully saturated rings. The fourth-order valence-electron chi connectivity index (χ4n) is 2.61. The summed E-state index contributed by atoms with van der Waals surface area (Å²) in [7, 11) is 1.55. The molecule has 0 saturated heterocycles. The van der Waals surface area contributed by atoms with Crippen molar-refractivity contribution < 1.29 is 19.4 Å². The fourth-order valence-corrected chi connectivity index (χ4v) is 3.58. The minimum atomic E-state index is -0.509. The predicted molar refractivity (Wildman–Crippen MR) is 125 cm³/mol. The van der Waals surface area contributed by atoms with Crippen LogP contribution < -0.4 is 14.9 Å². The van der Waals surface area contributed by atoms with E-state index in [-0.39, 0.29) is 11.3 Å². The number of phenolic OH excluding ortho intramolecular Hbond substituents is 1. The molecule has 3 aromatic rings. The molecule has 0 heterocycles. The number of methoxy groups -OCH3 is 1. The third kappa shape index (κ3) is 5.43. The van der Waals surface area contributed by atoms with Crippen LogP contribution in [0.4, 0.5) is 0 Å². The summed E-state index contributed by atoms with van der Waals surface area (Å²) in [5, 5.41) is 14.3. The summed E-state index contributed by atoms with van der Waals surface area (Å²) in [6.45, 7) is 0.302. The second-order valence-corrected chi connectivity index (χ2v) is 7.70. The van der Waals surface area contributed by atoms with Crippen molar-refractivity contribution in [1.82, 2.24) is 5.43 Å². The third-order valence-corrected chi connectivity index (χ3v) is 5.28. The van der Waals surface area contributed by atoms with Crippen LogP contribution in [0.25, 0.3) is 0 Å². The number of ether oxygens (including phenoxy) is 2. The highest BCUT2D eigenvalue weighted by atomic mass is 127. The molecule has 0 saturated carbocycles. The molecular formula is C22H18ClIN2O4. The van der Waals surface area contributed by atoms with Gasteiger partial charge in [-0.3, -0.25) is 4.79 Å². The number of nitrogens with zero attached hydrogens (tertiary/aromatic N) is 1. The highest BCUT2D eigenvalue weighted by molar-refractivity contribution is 14.1. The standard InChI is InChI=1S/C22H18ClIN2O4/c1-29-20-11-14(12-25-26-22(28)16-7-3-5-9-19(16)27)10-18(24)21(20)30-13-15-6-2-4-8-17(15)23/h2-12,27H,13H2,1H3,(H,26,28)/b25-12+. The van der Waals surface area contributed by atoms with Crippen LogP contribution in [0.1, 0.15) is 21.5 Å². The Bertz CT molecular complexity index is 1090. The highest BCUT2D eigenvalue weighted by Crippen LogP contribution is 2.34. The Hall–Kier alpha value is -2.78. The molecule has 30 heavy (non-hydrogen) atoms. The van der Waals surface area contributed by atoms with E-state index >= 15 is 0 Å². The summed E-state index contributed by atoms with van der Waals surface area (Å²) >= 11 is 8.33. The van der Waals surface area contributed by atoms with Crippen molar-refractivity contribution in [3.05, 3.63) is 85.9 Å². The number of aromatic hydroxyl groups is 1. The molecular weight excluding hydrogens is 519 g/mol. The van der Waals surface area contributed by atoms with Gasteiger partial charge in [-0.05, 0) is 58.5 Å². The minimum Gasteiger partial charge on any atom is -0.507 e. The first-order valence-electron chi connectivity index (χ1n) is 8.84. The SMILES string of the molecule is COc1cc(/C=N/NC(=O)c2ccccc2O)cc(I)c1OCc1ccccc1Cl. The van der Waals surface area contributed by atoms with E-state index in [9.17, 15) is 9.90 Å². The van der Waals surface area contributed by atoms with Gasteiger partial charge in [0, 0.05) is 10.6 Å². The predicted octanol–water partition coefficient (Wildman–Crippen LogP) is 5.00. The Morgan fingerprint density at radius 1 is 1.20 bits per heavy atom. The number of carbonyl (C=O) groups is 1. The average Bonchev–Trinajstić information content (AvgIpc) is 2.74. The number of nitrogens with one attached hydrogen (secondary N) is 1. The Labute approximate surface area is 192 Å². The molecule has 0 aliphatic carbocycles. The molecule has 6 nitrogen and oxygen atoms in total. The maximum Gasteiger partial charge on any atom is 0.275 e. The molecule has 8 heteroatoms. The normalized spacial score (nSPS) is 10.8. The number of carbonyl (C=O) groups excluding carboxylic acids is 1. The lowest BCUT2D eigenvalue weighted by atomic mass is 10.2. The van der Waals surface area contributed by atoms with Gasteiger partial charge in [0.2, 0.25) is 0 Å². The van der Waals surface area contributed by atoms with Gasteiger partial charge in [0.1, 0.15) is 12.4 Å². The van der Waals surface area contributed by atoms with E-state index in [0.29, 0.717) is 28.7 Å². The molecule has 0 atom stereocenters.